The molecule has 0 saturated carbocycles. The van der Waals surface area contributed by atoms with Crippen molar-refractivity contribution in [2.45, 2.75) is 57.0 Å². The molecule has 1 aliphatic rings. The van der Waals surface area contributed by atoms with Gasteiger partial charge in [0, 0.05) is 44.0 Å². The van der Waals surface area contributed by atoms with Crippen molar-refractivity contribution in [2.75, 3.05) is 13.1 Å². The van der Waals surface area contributed by atoms with Gasteiger partial charge in [-0.05, 0) is 49.1 Å². The summed E-state index contributed by atoms with van der Waals surface area (Å²) in [6.07, 6.45) is 3.46. The summed E-state index contributed by atoms with van der Waals surface area (Å²) in [5.41, 5.74) is 2.41. The SMILES string of the molecule is CCCn1c(CCC(=O)NCc2ccccc2Cl)nc2cc(S(=O)(=O)N3CCCC3)ccc21. The number of rotatable bonds is 9. The highest BCUT2D eigenvalue weighted by atomic mass is 35.5. The van der Waals surface area contributed by atoms with Gasteiger partial charge < -0.3 is 9.88 Å². The van der Waals surface area contributed by atoms with Crippen molar-refractivity contribution in [3.05, 3.63) is 58.9 Å². The quantitative estimate of drug-likeness (QED) is 0.490. The second kappa shape index (κ2) is 10.2. The van der Waals surface area contributed by atoms with Crippen molar-refractivity contribution in [3.63, 3.8) is 0 Å². The van der Waals surface area contributed by atoms with Gasteiger partial charge in [-0.1, -0.05) is 36.7 Å². The average Bonchev–Trinajstić information content (AvgIpc) is 3.46. The molecule has 3 aromatic rings. The number of carbonyl (C=O) groups is 1. The summed E-state index contributed by atoms with van der Waals surface area (Å²) in [7, 11) is -3.50. The number of benzene rings is 2. The number of nitrogens with one attached hydrogen (secondary N) is 1. The maximum absolute atomic E-state index is 13.0. The van der Waals surface area contributed by atoms with Gasteiger partial charge in [0.05, 0.1) is 15.9 Å². The van der Waals surface area contributed by atoms with Crippen LogP contribution in [0.4, 0.5) is 0 Å². The molecule has 176 valence electrons. The van der Waals surface area contributed by atoms with E-state index in [1.165, 1.54) is 0 Å². The van der Waals surface area contributed by atoms with Gasteiger partial charge in [0.2, 0.25) is 15.9 Å². The van der Waals surface area contributed by atoms with Crippen LogP contribution < -0.4 is 5.32 Å². The zero-order valence-electron chi connectivity index (χ0n) is 18.8. The van der Waals surface area contributed by atoms with Crippen LogP contribution in [0.1, 0.15) is 44.0 Å². The first-order valence-electron chi connectivity index (χ1n) is 11.4. The molecule has 0 aliphatic carbocycles. The second-order valence-electron chi connectivity index (χ2n) is 8.31. The fourth-order valence-electron chi connectivity index (χ4n) is 4.21. The Morgan fingerprint density at radius 3 is 2.64 bits per heavy atom. The minimum atomic E-state index is -3.50. The Balaban J connectivity index is 1.50. The van der Waals surface area contributed by atoms with Gasteiger partial charge in [-0.3, -0.25) is 4.79 Å². The molecule has 0 atom stereocenters. The molecule has 1 N–H and O–H groups in total. The molecule has 9 heteroatoms. The van der Waals surface area contributed by atoms with Crippen molar-refractivity contribution >= 4 is 38.6 Å². The number of sulfonamides is 1. The van der Waals surface area contributed by atoms with Gasteiger partial charge in [0.25, 0.3) is 0 Å². The Morgan fingerprint density at radius 1 is 1.15 bits per heavy atom. The van der Waals surface area contributed by atoms with E-state index < -0.39 is 10.0 Å². The van der Waals surface area contributed by atoms with E-state index in [-0.39, 0.29) is 17.2 Å². The van der Waals surface area contributed by atoms with Crippen LogP contribution in [0.15, 0.2) is 47.4 Å². The van der Waals surface area contributed by atoms with Crippen LogP contribution >= 0.6 is 11.6 Å². The summed E-state index contributed by atoms with van der Waals surface area (Å²) in [4.78, 5) is 17.4. The maximum atomic E-state index is 13.0. The largest absolute Gasteiger partial charge is 0.352 e. The van der Waals surface area contributed by atoms with Crippen LogP contribution in [0.3, 0.4) is 0 Å². The molecule has 0 unspecified atom stereocenters. The second-order valence-corrected chi connectivity index (χ2v) is 10.7. The van der Waals surface area contributed by atoms with Gasteiger partial charge in [0.15, 0.2) is 0 Å². The summed E-state index contributed by atoms with van der Waals surface area (Å²) in [6.45, 7) is 4.35. The van der Waals surface area contributed by atoms with Crippen LogP contribution in [0.25, 0.3) is 11.0 Å². The standard InChI is InChI=1S/C24H29ClN4O3S/c1-2-13-29-22-10-9-19(33(31,32)28-14-5-6-15-28)16-21(22)27-23(29)11-12-24(30)26-17-18-7-3-4-8-20(18)25/h3-4,7-10,16H,2,5-6,11-15,17H2,1H3,(H,26,30). The number of halogens is 1. The van der Waals surface area contributed by atoms with E-state index in [0.717, 1.165) is 42.7 Å². The minimum absolute atomic E-state index is 0.0812. The highest BCUT2D eigenvalue weighted by Gasteiger charge is 2.27. The molecule has 1 saturated heterocycles. The highest BCUT2D eigenvalue weighted by Crippen LogP contribution is 2.26. The molecule has 0 bridgehead atoms. The van der Waals surface area contributed by atoms with Gasteiger partial charge in [-0.25, -0.2) is 13.4 Å². The van der Waals surface area contributed by atoms with E-state index in [9.17, 15) is 13.2 Å². The van der Waals surface area contributed by atoms with Crippen molar-refractivity contribution in [3.8, 4) is 0 Å². The van der Waals surface area contributed by atoms with Gasteiger partial charge in [-0.15, -0.1) is 0 Å². The third-order valence-electron chi connectivity index (χ3n) is 5.96. The lowest BCUT2D eigenvalue weighted by Gasteiger charge is -2.15. The first kappa shape index (κ1) is 23.7. The first-order chi connectivity index (χ1) is 15.9. The van der Waals surface area contributed by atoms with E-state index >= 15 is 0 Å². The molecule has 1 amide bonds. The summed E-state index contributed by atoms with van der Waals surface area (Å²) in [6, 6.07) is 12.6. The van der Waals surface area contributed by atoms with Gasteiger partial charge in [-0.2, -0.15) is 4.31 Å². The fourth-order valence-corrected chi connectivity index (χ4v) is 5.95. The molecule has 4 rings (SSSR count). The van der Waals surface area contributed by atoms with Crippen molar-refractivity contribution in [2.24, 2.45) is 0 Å². The van der Waals surface area contributed by atoms with Crippen molar-refractivity contribution < 1.29 is 13.2 Å². The third kappa shape index (κ3) is 5.23. The highest BCUT2D eigenvalue weighted by molar-refractivity contribution is 7.89. The number of imidazole rings is 1. The number of hydrogen-bond donors (Lipinski definition) is 1. The number of fused-ring (bicyclic) bond motifs is 1. The molecule has 2 aromatic carbocycles. The van der Waals surface area contributed by atoms with E-state index in [4.69, 9.17) is 16.6 Å². The number of aryl methyl sites for hydroxylation is 2. The van der Waals surface area contributed by atoms with Gasteiger partial charge >= 0.3 is 0 Å². The normalized spacial score (nSPS) is 14.7. The average molecular weight is 489 g/mol. The molecule has 7 nitrogen and oxygen atoms in total. The van der Waals surface area contributed by atoms with Crippen molar-refractivity contribution in [1.82, 2.24) is 19.2 Å². The molecule has 0 radical (unpaired) electrons. The monoisotopic (exact) mass is 488 g/mol. The van der Waals surface area contributed by atoms with Crippen LogP contribution in [-0.4, -0.2) is 41.3 Å². The minimum Gasteiger partial charge on any atom is -0.352 e. The number of carbonyl (C=O) groups excluding carboxylic acids is 1. The molecule has 1 fully saturated rings. The maximum Gasteiger partial charge on any atom is 0.243 e. The topological polar surface area (TPSA) is 84.3 Å². The van der Waals surface area contributed by atoms with E-state index in [0.29, 0.717) is 36.6 Å². The molecule has 1 aromatic heterocycles. The number of hydrogen-bond acceptors (Lipinski definition) is 4. The molecular weight excluding hydrogens is 460 g/mol. The van der Waals surface area contributed by atoms with E-state index in [2.05, 4.69) is 16.8 Å². The number of aromatic nitrogens is 2. The summed E-state index contributed by atoms with van der Waals surface area (Å²) >= 11 is 6.16. The Hall–Kier alpha value is -2.42. The van der Waals surface area contributed by atoms with Crippen molar-refractivity contribution in [1.29, 1.82) is 0 Å². The fraction of sp³-hybridized carbons (Fsp3) is 0.417. The lowest BCUT2D eigenvalue weighted by atomic mass is 10.2. The number of nitrogens with zero attached hydrogens (tertiary/aromatic N) is 3. The smallest absolute Gasteiger partial charge is 0.243 e. The third-order valence-corrected chi connectivity index (χ3v) is 8.22. The zero-order valence-corrected chi connectivity index (χ0v) is 20.3. The lowest BCUT2D eigenvalue weighted by Crippen LogP contribution is -2.27. The van der Waals surface area contributed by atoms with Gasteiger partial charge in [0.1, 0.15) is 5.82 Å². The molecule has 0 spiro atoms. The van der Waals surface area contributed by atoms with Crippen LogP contribution in [0.5, 0.6) is 0 Å². The van der Waals surface area contributed by atoms with Crippen LogP contribution in [0.2, 0.25) is 5.02 Å². The summed E-state index contributed by atoms with van der Waals surface area (Å²) < 4.78 is 29.5. The zero-order chi connectivity index (χ0) is 23.4. The predicted octanol–water partition coefficient (Wildman–Crippen LogP) is 4.13. The molecule has 2 heterocycles. The molecule has 33 heavy (non-hydrogen) atoms. The Kier molecular flexibility index (Phi) is 7.36. The summed E-state index contributed by atoms with van der Waals surface area (Å²) in [5.74, 6) is 0.706. The predicted molar refractivity (Wildman–Crippen MR) is 130 cm³/mol. The molecule has 1 aliphatic heterocycles. The first-order valence-corrected chi connectivity index (χ1v) is 13.2. The number of amides is 1. The van der Waals surface area contributed by atoms with E-state index in [1.807, 2.05) is 24.3 Å². The van der Waals surface area contributed by atoms with Crippen LogP contribution in [-0.2, 0) is 34.3 Å². The Labute approximate surface area is 199 Å². The summed E-state index contributed by atoms with van der Waals surface area (Å²) in [5, 5.41) is 3.54. The van der Waals surface area contributed by atoms with E-state index in [1.54, 1.807) is 22.5 Å². The lowest BCUT2D eigenvalue weighted by molar-refractivity contribution is -0.121. The Morgan fingerprint density at radius 2 is 1.91 bits per heavy atom. The molecular formula is C24H29ClN4O3S. The Bertz CT molecular complexity index is 1250. The van der Waals surface area contributed by atoms with Crippen LogP contribution in [0, 0.1) is 0 Å².